The summed E-state index contributed by atoms with van der Waals surface area (Å²) in [5.41, 5.74) is 2.47. The monoisotopic (exact) mass is 286 g/mol. The lowest BCUT2D eigenvalue weighted by Gasteiger charge is -2.58. The van der Waals surface area contributed by atoms with Crippen LogP contribution in [-0.4, -0.2) is 5.78 Å². The Hall–Kier alpha value is -0.590. The van der Waals surface area contributed by atoms with Gasteiger partial charge in [-0.1, -0.05) is 26.3 Å². The SMILES string of the molecule is C[C@@H]1CC[C@H]2[C@@H]3CCC4=CC(=O)CC[C@]4(C)[C@H]3CC[C@]12C. The summed E-state index contributed by atoms with van der Waals surface area (Å²) in [6.45, 7) is 7.57. The standard InChI is InChI=1S/C20H30O/c1-13-4-7-17-16-6-5-14-12-15(21)8-10-20(14,3)18(16)9-11-19(13,17)2/h12-13,16-18H,4-11H2,1-3H3/t13-,16+,17+,18+,19-,20+/m1/s1. The normalized spacial score (nSPS) is 52.7. The van der Waals surface area contributed by atoms with Crippen LogP contribution in [-0.2, 0) is 4.79 Å². The van der Waals surface area contributed by atoms with Crippen LogP contribution in [0.5, 0.6) is 0 Å². The molecule has 0 aromatic carbocycles. The lowest BCUT2D eigenvalue weighted by atomic mass is 9.47. The van der Waals surface area contributed by atoms with E-state index in [-0.39, 0.29) is 0 Å². The molecule has 3 saturated carbocycles. The van der Waals surface area contributed by atoms with Crippen molar-refractivity contribution in [1.29, 1.82) is 0 Å². The fraction of sp³-hybridized carbons (Fsp3) is 0.850. The number of fused-ring (bicyclic) bond motifs is 5. The Morgan fingerprint density at radius 3 is 2.62 bits per heavy atom. The molecular weight excluding hydrogens is 256 g/mol. The summed E-state index contributed by atoms with van der Waals surface area (Å²) in [7, 11) is 0. The molecular formula is C20H30O. The van der Waals surface area contributed by atoms with E-state index in [0.29, 0.717) is 16.6 Å². The molecule has 0 spiro atoms. The molecule has 0 heterocycles. The van der Waals surface area contributed by atoms with E-state index >= 15 is 0 Å². The van der Waals surface area contributed by atoms with Crippen molar-refractivity contribution >= 4 is 5.78 Å². The van der Waals surface area contributed by atoms with Gasteiger partial charge in [0.1, 0.15) is 0 Å². The van der Waals surface area contributed by atoms with Crippen molar-refractivity contribution in [1.82, 2.24) is 0 Å². The van der Waals surface area contributed by atoms with Gasteiger partial charge >= 0.3 is 0 Å². The molecule has 0 bridgehead atoms. The van der Waals surface area contributed by atoms with Crippen molar-refractivity contribution in [2.75, 3.05) is 0 Å². The van der Waals surface area contributed by atoms with Gasteiger partial charge in [0, 0.05) is 6.42 Å². The van der Waals surface area contributed by atoms with Crippen LogP contribution in [0.25, 0.3) is 0 Å². The fourth-order valence-electron chi connectivity index (χ4n) is 6.82. The minimum absolute atomic E-state index is 0.351. The number of ketones is 1. The number of hydrogen-bond donors (Lipinski definition) is 0. The zero-order chi connectivity index (χ0) is 14.8. The van der Waals surface area contributed by atoms with Gasteiger partial charge < -0.3 is 0 Å². The average Bonchev–Trinajstić information content (AvgIpc) is 2.76. The van der Waals surface area contributed by atoms with E-state index in [9.17, 15) is 4.79 Å². The van der Waals surface area contributed by atoms with Crippen LogP contribution in [0.3, 0.4) is 0 Å². The molecule has 0 unspecified atom stereocenters. The second-order valence-electron chi connectivity index (χ2n) is 8.99. The van der Waals surface area contributed by atoms with E-state index in [1.54, 1.807) is 0 Å². The number of allylic oxidation sites excluding steroid dienone is 1. The number of carbonyl (C=O) groups excluding carboxylic acids is 1. The molecule has 0 aromatic rings. The van der Waals surface area contributed by atoms with Crippen LogP contribution in [0, 0.1) is 34.5 Å². The molecule has 4 aliphatic rings. The van der Waals surface area contributed by atoms with Crippen LogP contribution >= 0.6 is 0 Å². The molecule has 0 saturated heterocycles. The molecule has 0 radical (unpaired) electrons. The molecule has 0 aliphatic heterocycles. The van der Waals surface area contributed by atoms with Crippen molar-refractivity contribution in [2.45, 2.75) is 72.1 Å². The molecule has 4 aliphatic carbocycles. The van der Waals surface area contributed by atoms with Crippen molar-refractivity contribution in [3.8, 4) is 0 Å². The number of hydrogen-bond acceptors (Lipinski definition) is 1. The first-order chi connectivity index (χ1) is 9.95. The average molecular weight is 286 g/mol. The Balaban J connectivity index is 1.69. The van der Waals surface area contributed by atoms with Crippen LogP contribution < -0.4 is 0 Å². The largest absolute Gasteiger partial charge is 0.295 e. The van der Waals surface area contributed by atoms with Gasteiger partial charge in [-0.3, -0.25) is 4.79 Å². The Morgan fingerprint density at radius 2 is 1.81 bits per heavy atom. The van der Waals surface area contributed by atoms with Crippen molar-refractivity contribution in [2.24, 2.45) is 34.5 Å². The first-order valence-corrected chi connectivity index (χ1v) is 9.19. The highest BCUT2D eigenvalue weighted by Crippen LogP contribution is 2.66. The van der Waals surface area contributed by atoms with E-state index in [0.717, 1.165) is 36.5 Å². The highest BCUT2D eigenvalue weighted by Gasteiger charge is 2.57. The van der Waals surface area contributed by atoms with E-state index < -0.39 is 0 Å². The zero-order valence-corrected chi connectivity index (χ0v) is 14.0. The molecule has 116 valence electrons. The van der Waals surface area contributed by atoms with Gasteiger partial charge in [0.05, 0.1) is 0 Å². The van der Waals surface area contributed by atoms with E-state index in [2.05, 4.69) is 20.8 Å². The van der Waals surface area contributed by atoms with Gasteiger partial charge in [0.15, 0.2) is 5.78 Å². The summed E-state index contributed by atoms with van der Waals surface area (Å²) in [6, 6.07) is 0. The van der Waals surface area contributed by atoms with Gasteiger partial charge in [-0.15, -0.1) is 0 Å². The molecule has 1 heteroatoms. The number of rotatable bonds is 0. The third kappa shape index (κ3) is 1.79. The van der Waals surface area contributed by atoms with Crippen LogP contribution in [0.4, 0.5) is 0 Å². The Labute approximate surface area is 129 Å². The first-order valence-electron chi connectivity index (χ1n) is 9.19. The van der Waals surface area contributed by atoms with E-state index in [4.69, 9.17) is 0 Å². The zero-order valence-electron chi connectivity index (χ0n) is 14.0. The van der Waals surface area contributed by atoms with E-state index in [1.165, 1.54) is 44.1 Å². The minimum Gasteiger partial charge on any atom is -0.295 e. The molecule has 0 aromatic heterocycles. The predicted molar refractivity (Wildman–Crippen MR) is 85.9 cm³/mol. The van der Waals surface area contributed by atoms with Crippen molar-refractivity contribution in [3.63, 3.8) is 0 Å². The van der Waals surface area contributed by atoms with Crippen LogP contribution in [0.2, 0.25) is 0 Å². The minimum atomic E-state index is 0.351. The van der Waals surface area contributed by atoms with Crippen molar-refractivity contribution in [3.05, 3.63) is 11.6 Å². The summed E-state index contributed by atoms with van der Waals surface area (Å²) in [5, 5.41) is 0. The molecule has 0 N–H and O–H groups in total. The maximum absolute atomic E-state index is 11.8. The first kappa shape index (κ1) is 14.0. The molecule has 3 fully saturated rings. The lowest BCUT2D eigenvalue weighted by Crippen LogP contribution is -2.50. The van der Waals surface area contributed by atoms with E-state index in [1.807, 2.05) is 6.08 Å². The highest BCUT2D eigenvalue weighted by molar-refractivity contribution is 5.91. The van der Waals surface area contributed by atoms with Crippen molar-refractivity contribution < 1.29 is 4.79 Å². The van der Waals surface area contributed by atoms with Gasteiger partial charge in [-0.25, -0.2) is 0 Å². The fourth-order valence-corrected chi connectivity index (χ4v) is 6.82. The number of carbonyl (C=O) groups is 1. The second-order valence-corrected chi connectivity index (χ2v) is 8.99. The van der Waals surface area contributed by atoms with Gasteiger partial charge in [0.25, 0.3) is 0 Å². The summed E-state index contributed by atoms with van der Waals surface area (Å²) in [6.07, 6.45) is 12.2. The third-order valence-electron chi connectivity index (χ3n) is 8.44. The summed E-state index contributed by atoms with van der Waals surface area (Å²) >= 11 is 0. The topological polar surface area (TPSA) is 17.1 Å². The molecule has 6 atom stereocenters. The Bertz CT molecular complexity index is 504. The molecule has 4 rings (SSSR count). The second kappa shape index (κ2) is 4.46. The maximum atomic E-state index is 11.8. The Kier molecular flexibility index (Phi) is 2.98. The van der Waals surface area contributed by atoms with Gasteiger partial charge in [0.2, 0.25) is 0 Å². The third-order valence-corrected chi connectivity index (χ3v) is 8.44. The highest BCUT2D eigenvalue weighted by atomic mass is 16.1. The molecule has 1 nitrogen and oxygen atoms in total. The Morgan fingerprint density at radius 1 is 1.00 bits per heavy atom. The molecule has 21 heavy (non-hydrogen) atoms. The maximum Gasteiger partial charge on any atom is 0.155 e. The summed E-state index contributed by atoms with van der Waals surface area (Å²) in [5.74, 6) is 4.05. The lowest BCUT2D eigenvalue weighted by molar-refractivity contribution is -0.117. The summed E-state index contributed by atoms with van der Waals surface area (Å²) in [4.78, 5) is 11.8. The predicted octanol–water partition coefficient (Wildman–Crippen LogP) is 5.15. The van der Waals surface area contributed by atoms with Gasteiger partial charge in [-0.2, -0.15) is 0 Å². The quantitative estimate of drug-likeness (QED) is 0.601. The summed E-state index contributed by atoms with van der Waals surface area (Å²) < 4.78 is 0. The van der Waals surface area contributed by atoms with Crippen LogP contribution in [0.1, 0.15) is 72.1 Å². The molecule has 0 amide bonds. The smallest absolute Gasteiger partial charge is 0.155 e. The van der Waals surface area contributed by atoms with Crippen LogP contribution in [0.15, 0.2) is 11.6 Å². The van der Waals surface area contributed by atoms with Gasteiger partial charge in [-0.05, 0) is 85.5 Å².